The summed E-state index contributed by atoms with van der Waals surface area (Å²) in [5.74, 6) is 0.520. The highest BCUT2D eigenvalue weighted by Crippen LogP contribution is 2.14. The summed E-state index contributed by atoms with van der Waals surface area (Å²) in [6, 6.07) is 9.66. The van der Waals surface area contributed by atoms with Crippen LogP contribution in [0.3, 0.4) is 0 Å². The first-order valence-electron chi connectivity index (χ1n) is 9.63. The Morgan fingerprint density at radius 2 is 2.03 bits per heavy atom. The molecule has 1 fully saturated rings. The maximum Gasteiger partial charge on any atom is 0.242 e. The van der Waals surface area contributed by atoms with Gasteiger partial charge in [-0.1, -0.05) is 18.2 Å². The third-order valence-electron chi connectivity index (χ3n) is 4.87. The third-order valence-corrected chi connectivity index (χ3v) is 4.87. The molecule has 29 heavy (non-hydrogen) atoms. The normalized spacial score (nSPS) is 15.9. The van der Waals surface area contributed by atoms with Gasteiger partial charge in [0.05, 0.1) is 37.7 Å². The number of aromatic nitrogens is 6. The van der Waals surface area contributed by atoms with E-state index in [1.807, 2.05) is 43.5 Å². The maximum absolute atomic E-state index is 12.5. The van der Waals surface area contributed by atoms with Gasteiger partial charge in [0.15, 0.2) is 5.82 Å². The van der Waals surface area contributed by atoms with Gasteiger partial charge in [0.25, 0.3) is 0 Å². The van der Waals surface area contributed by atoms with Crippen LogP contribution in [0.4, 0.5) is 0 Å². The van der Waals surface area contributed by atoms with Crippen molar-refractivity contribution in [2.75, 3.05) is 26.3 Å². The number of carbonyl (C=O) groups is 1. The van der Waals surface area contributed by atoms with Crippen molar-refractivity contribution in [2.45, 2.75) is 26.1 Å². The quantitative estimate of drug-likeness (QED) is 0.623. The van der Waals surface area contributed by atoms with Gasteiger partial charge in [0.2, 0.25) is 5.91 Å². The zero-order valence-corrected chi connectivity index (χ0v) is 16.3. The summed E-state index contributed by atoms with van der Waals surface area (Å²) in [4.78, 5) is 14.7. The van der Waals surface area contributed by atoms with E-state index in [0.717, 1.165) is 24.3 Å². The highest BCUT2D eigenvalue weighted by atomic mass is 16.5. The number of rotatable bonds is 7. The summed E-state index contributed by atoms with van der Waals surface area (Å²) in [6.45, 7) is 5.68. The van der Waals surface area contributed by atoms with Crippen LogP contribution in [0, 0.1) is 0 Å². The molecular formula is C19H24N8O2. The number of nitrogens with one attached hydrogen (secondary N) is 1. The average molecular weight is 396 g/mol. The molecule has 2 aromatic heterocycles. The van der Waals surface area contributed by atoms with E-state index < -0.39 is 0 Å². The third kappa shape index (κ3) is 4.84. The van der Waals surface area contributed by atoms with Gasteiger partial charge in [-0.2, -0.15) is 5.10 Å². The molecule has 0 bridgehead atoms. The van der Waals surface area contributed by atoms with Crippen LogP contribution < -0.4 is 5.32 Å². The second kappa shape index (κ2) is 8.93. The zero-order valence-electron chi connectivity index (χ0n) is 16.3. The van der Waals surface area contributed by atoms with Crippen LogP contribution in [-0.4, -0.2) is 67.1 Å². The van der Waals surface area contributed by atoms with E-state index >= 15 is 0 Å². The lowest BCUT2D eigenvalue weighted by Gasteiger charge is -2.25. The van der Waals surface area contributed by atoms with E-state index in [-0.39, 0.29) is 18.5 Å². The first kappa shape index (κ1) is 19.2. The van der Waals surface area contributed by atoms with Gasteiger partial charge in [-0.25, -0.2) is 9.36 Å². The molecule has 3 heterocycles. The van der Waals surface area contributed by atoms with E-state index in [2.05, 4.69) is 30.8 Å². The summed E-state index contributed by atoms with van der Waals surface area (Å²) in [6.07, 6.45) is 3.68. The van der Waals surface area contributed by atoms with E-state index in [1.54, 1.807) is 15.6 Å². The number of ether oxygens (including phenoxy) is 1. The van der Waals surface area contributed by atoms with Crippen LogP contribution in [0.1, 0.15) is 24.4 Å². The second-order valence-corrected chi connectivity index (χ2v) is 6.98. The number of hydrogen-bond donors (Lipinski definition) is 1. The van der Waals surface area contributed by atoms with Crippen LogP contribution in [0.5, 0.6) is 0 Å². The topological polar surface area (TPSA) is 103 Å². The number of morpholine rings is 1. The van der Waals surface area contributed by atoms with Gasteiger partial charge in [-0.3, -0.25) is 9.69 Å². The van der Waals surface area contributed by atoms with Crippen molar-refractivity contribution in [3.63, 3.8) is 0 Å². The smallest absolute Gasteiger partial charge is 0.242 e. The van der Waals surface area contributed by atoms with Crippen LogP contribution in [0.15, 0.2) is 42.7 Å². The zero-order chi connectivity index (χ0) is 20.1. The molecule has 1 atom stereocenters. The van der Waals surface area contributed by atoms with Crippen molar-refractivity contribution in [2.24, 2.45) is 0 Å². The molecule has 1 aromatic carbocycles. The van der Waals surface area contributed by atoms with Gasteiger partial charge in [0, 0.05) is 24.8 Å². The molecule has 1 saturated heterocycles. The maximum atomic E-state index is 12.5. The second-order valence-electron chi connectivity index (χ2n) is 6.98. The standard InChI is InChI=1S/C19H24N8O2/c1-15(16-11-20-26(12-16)17-5-3-2-4-6-17)21-19(28)14-27-18(22-23-24-27)13-25-7-9-29-10-8-25/h2-6,11-12,15H,7-10,13-14H2,1H3,(H,21,28)/t15-/m0/s1. The van der Waals surface area contributed by atoms with Gasteiger partial charge < -0.3 is 10.1 Å². The predicted molar refractivity (Wildman–Crippen MR) is 104 cm³/mol. The SMILES string of the molecule is C[C@H](NC(=O)Cn1nnnc1CN1CCOCC1)c1cnn(-c2ccccc2)c1. The van der Waals surface area contributed by atoms with Crippen molar-refractivity contribution < 1.29 is 9.53 Å². The molecule has 1 aliphatic rings. The summed E-state index contributed by atoms with van der Waals surface area (Å²) in [5.41, 5.74) is 1.89. The molecule has 152 valence electrons. The Kier molecular flexibility index (Phi) is 5.92. The van der Waals surface area contributed by atoms with Crippen molar-refractivity contribution in [3.05, 3.63) is 54.1 Å². The molecule has 4 rings (SSSR count). The van der Waals surface area contributed by atoms with Gasteiger partial charge in [-0.05, 0) is 29.5 Å². The molecule has 0 spiro atoms. The molecular weight excluding hydrogens is 372 g/mol. The molecule has 0 unspecified atom stereocenters. The van der Waals surface area contributed by atoms with Crippen molar-refractivity contribution >= 4 is 5.91 Å². The largest absolute Gasteiger partial charge is 0.379 e. The first-order valence-corrected chi connectivity index (χ1v) is 9.63. The lowest BCUT2D eigenvalue weighted by atomic mass is 10.2. The van der Waals surface area contributed by atoms with E-state index in [4.69, 9.17) is 4.74 Å². The van der Waals surface area contributed by atoms with Crippen molar-refractivity contribution in [1.82, 2.24) is 40.2 Å². The molecule has 0 radical (unpaired) electrons. The Bertz CT molecular complexity index is 933. The fourth-order valence-electron chi connectivity index (χ4n) is 3.21. The van der Waals surface area contributed by atoms with E-state index in [1.165, 1.54) is 0 Å². The molecule has 0 saturated carbocycles. The van der Waals surface area contributed by atoms with Crippen LogP contribution in [0.2, 0.25) is 0 Å². The minimum atomic E-state index is -0.181. The average Bonchev–Trinajstić information content (AvgIpc) is 3.40. The Balaban J connectivity index is 1.34. The van der Waals surface area contributed by atoms with Crippen molar-refractivity contribution in [3.8, 4) is 5.69 Å². The fraction of sp³-hybridized carbons (Fsp3) is 0.421. The highest BCUT2D eigenvalue weighted by molar-refractivity contribution is 5.76. The Morgan fingerprint density at radius 3 is 2.83 bits per heavy atom. The Morgan fingerprint density at radius 1 is 1.24 bits per heavy atom. The molecule has 1 aliphatic heterocycles. The number of tetrazole rings is 1. The van der Waals surface area contributed by atoms with Crippen LogP contribution >= 0.6 is 0 Å². The molecule has 1 amide bonds. The van der Waals surface area contributed by atoms with E-state index in [9.17, 15) is 4.79 Å². The fourth-order valence-corrected chi connectivity index (χ4v) is 3.21. The Hall–Kier alpha value is -3.11. The van der Waals surface area contributed by atoms with Crippen LogP contribution in [-0.2, 0) is 22.6 Å². The number of amides is 1. The minimum absolute atomic E-state index is 0.0732. The number of hydrogen-bond acceptors (Lipinski definition) is 7. The molecule has 10 nitrogen and oxygen atoms in total. The number of para-hydroxylation sites is 1. The van der Waals surface area contributed by atoms with Crippen molar-refractivity contribution in [1.29, 1.82) is 0 Å². The Labute approximate surface area is 168 Å². The van der Waals surface area contributed by atoms with Gasteiger partial charge in [0.1, 0.15) is 6.54 Å². The lowest BCUT2D eigenvalue weighted by molar-refractivity contribution is -0.122. The molecule has 1 N–H and O–H groups in total. The minimum Gasteiger partial charge on any atom is -0.379 e. The number of nitrogens with zero attached hydrogens (tertiary/aromatic N) is 7. The summed E-state index contributed by atoms with van der Waals surface area (Å²) >= 11 is 0. The highest BCUT2D eigenvalue weighted by Gasteiger charge is 2.18. The number of carbonyl (C=O) groups excluding carboxylic acids is 1. The molecule has 3 aromatic rings. The predicted octanol–water partition coefficient (Wildman–Crippen LogP) is 0.568. The summed E-state index contributed by atoms with van der Waals surface area (Å²) < 4.78 is 8.70. The monoisotopic (exact) mass is 396 g/mol. The van der Waals surface area contributed by atoms with Gasteiger partial charge >= 0.3 is 0 Å². The van der Waals surface area contributed by atoms with Crippen LogP contribution in [0.25, 0.3) is 5.69 Å². The summed E-state index contributed by atoms with van der Waals surface area (Å²) in [7, 11) is 0. The van der Waals surface area contributed by atoms with Gasteiger partial charge in [-0.15, -0.1) is 5.10 Å². The lowest BCUT2D eigenvalue weighted by Crippen LogP contribution is -2.37. The summed E-state index contributed by atoms with van der Waals surface area (Å²) in [5, 5.41) is 19.1. The molecule has 10 heteroatoms. The number of benzene rings is 1. The first-order chi connectivity index (χ1) is 14.2. The van der Waals surface area contributed by atoms with E-state index in [0.29, 0.717) is 25.6 Å². The molecule has 0 aliphatic carbocycles.